The number of carbonyl (C=O) groups excluding carboxylic acids is 2. The summed E-state index contributed by atoms with van der Waals surface area (Å²) in [7, 11) is 0. The maximum Gasteiger partial charge on any atom is 0.408 e. The van der Waals surface area contributed by atoms with Gasteiger partial charge in [0.1, 0.15) is 12.6 Å². The second-order valence-electron chi connectivity index (χ2n) is 5.61. The number of benzene rings is 1. The highest BCUT2D eigenvalue weighted by atomic mass is 32.2. The first-order valence-electron chi connectivity index (χ1n) is 8.02. The van der Waals surface area contributed by atoms with Crippen molar-refractivity contribution in [1.82, 2.24) is 10.6 Å². The number of carbonyl (C=O) groups is 3. The molecule has 0 unspecified atom stereocenters. The molecule has 1 aromatic rings. The molecule has 0 radical (unpaired) electrons. The standard InChI is InChI=1S/C17H24N2O6S/c1-11(20)14(16(22)23)19-15(21)13(8-9-26-2)18-17(24)25-10-12-6-4-3-5-7-12/h3-7,11,13-14,20H,8-10H2,1-2H3,(H,18,24)(H,19,21)(H,22,23)/t11-,13-,14+/m0/s1. The van der Waals surface area contributed by atoms with E-state index in [1.807, 2.05) is 24.5 Å². The molecule has 9 heteroatoms. The van der Waals surface area contributed by atoms with Gasteiger partial charge in [-0.3, -0.25) is 4.79 Å². The molecular formula is C17H24N2O6S. The van der Waals surface area contributed by atoms with Crippen LogP contribution in [0.4, 0.5) is 4.79 Å². The lowest BCUT2D eigenvalue weighted by molar-refractivity contribution is -0.145. The molecule has 0 heterocycles. The van der Waals surface area contributed by atoms with Crippen LogP contribution in [-0.4, -0.2) is 58.4 Å². The molecule has 0 aliphatic heterocycles. The lowest BCUT2D eigenvalue weighted by Gasteiger charge is -2.22. The van der Waals surface area contributed by atoms with E-state index in [2.05, 4.69) is 10.6 Å². The average molecular weight is 384 g/mol. The average Bonchev–Trinajstić information content (AvgIpc) is 2.61. The van der Waals surface area contributed by atoms with E-state index in [0.717, 1.165) is 5.56 Å². The fourth-order valence-corrected chi connectivity index (χ4v) is 2.53. The number of nitrogens with one attached hydrogen (secondary N) is 2. The number of aliphatic hydroxyl groups is 1. The van der Waals surface area contributed by atoms with Gasteiger partial charge in [-0.2, -0.15) is 11.8 Å². The Morgan fingerprint density at radius 2 is 1.85 bits per heavy atom. The van der Waals surface area contributed by atoms with Crippen molar-refractivity contribution >= 4 is 29.7 Å². The van der Waals surface area contributed by atoms with Gasteiger partial charge >= 0.3 is 12.1 Å². The van der Waals surface area contributed by atoms with Crippen molar-refractivity contribution in [3.8, 4) is 0 Å². The van der Waals surface area contributed by atoms with E-state index in [1.54, 1.807) is 12.1 Å². The Bertz CT molecular complexity index is 596. The molecule has 0 saturated carbocycles. The van der Waals surface area contributed by atoms with Crippen molar-refractivity contribution in [1.29, 1.82) is 0 Å². The fraction of sp³-hybridized carbons (Fsp3) is 0.471. The van der Waals surface area contributed by atoms with Crippen LogP contribution in [0.3, 0.4) is 0 Å². The van der Waals surface area contributed by atoms with Gasteiger partial charge in [0.15, 0.2) is 6.04 Å². The summed E-state index contributed by atoms with van der Waals surface area (Å²) in [5, 5.41) is 23.2. The predicted octanol–water partition coefficient (Wildman–Crippen LogP) is 0.985. The molecule has 144 valence electrons. The minimum Gasteiger partial charge on any atom is -0.480 e. The van der Waals surface area contributed by atoms with Gasteiger partial charge in [-0.05, 0) is 30.9 Å². The number of hydrogen-bond donors (Lipinski definition) is 4. The molecule has 0 saturated heterocycles. The molecule has 1 aromatic carbocycles. The third-order valence-corrected chi connectivity index (χ3v) is 4.12. The van der Waals surface area contributed by atoms with Crippen LogP contribution in [0.2, 0.25) is 0 Å². The third kappa shape index (κ3) is 7.75. The molecule has 0 bridgehead atoms. The molecule has 2 amide bonds. The highest BCUT2D eigenvalue weighted by Crippen LogP contribution is 2.05. The second kappa shape index (κ2) is 11.4. The van der Waals surface area contributed by atoms with Crippen LogP contribution >= 0.6 is 11.8 Å². The maximum absolute atomic E-state index is 12.3. The Kier molecular flexibility index (Phi) is 9.53. The van der Waals surface area contributed by atoms with E-state index in [9.17, 15) is 19.5 Å². The van der Waals surface area contributed by atoms with Crippen LogP contribution in [0.5, 0.6) is 0 Å². The molecule has 0 aliphatic rings. The van der Waals surface area contributed by atoms with Crippen molar-refractivity contribution in [2.75, 3.05) is 12.0 Å². The van der Waals surface area contributed by atoms with Crippen LogP contribution in [0.15, 0.2) is 30.3 Å². The van der Waals surface area contributed by atoms with Gasteiger partial charge < -0.3 is 25.6 Å². The van der Waals surface area contributed by atoms with Gasteiger partial charge in [-0.1, -0.05) is 30.3 Å². The Morgan fingerprint density at radius 1 is 1.19 bits per heavy atom. The van der Waals surface area contributed by atoms with Gasteiger partial charge in [0.2, 0.25) is 5.91 Å². The van der Waals surface area contributed by atoms with Crippen molar-refractivity contribution in [3.05, 3.63) is 35.9 Å². The monoisotopic (exact) mass is 384 g/mol. The number of thioether (sulfide) groups is 1. The number of carboxylic acid groups (broad SMARTS) is 1. The molecule has 0 fully saturated rings. The van der Waals surface area contributed by atoms with Gasteiger partial charge in [0.05, 0.1) is 6.10 Å². The van der Waals surface area contributed by atoms with Crippen LogP contribution in [0.1, 0.15) is 18.9 Å². The SMILES string of the molecule is CSCC[C@H](NC(=O)OCc1ccccc1)C(=O)N[C@@H](C(=O)O)[C@H](C)O. The number of aliphatic carboxylic acids is 1. The number of carboxylic acids is 1. The molecule has 8 nitrogen and oxygen atoms in total. The third-order valence-electron chi connectivity index (χ3n) is 3.48. The van der Waals surface area contributed by atoms with Gasteiger partial charge in [0, 0.05) is 0 Å². The zero-order valence-electron chi connectivity index (χ0n) is 14.7. The molecular weight excluding hydrogens is 360 g/mol. The van der Waals surface area contributed by atoms with E-state index in [0.29, 0.717) is 12.2 Å². The van der Waals surface area contributed by atoms with Crippen LogP contribution in [0, 0.1) is 0 Å². The maximum atomic E-state index is 12.3. The first-order chi connectivity index (χ1) is 12.3. The summed E-state index contributed by atoms with van der Waals surface area (Å²) in [6, 6.07) is 6.64. The number of ether oxygens (including phenoxy) is 1. The van der Waals surface area contributed by atoms with Crippen molar-refractivity contribution in [2.24, 2.45) is 0 Å². The smallest absolute Gasteiger partial charge is 0.408 e. The normalized spacial score (nSPS) is 14.0. The Hall–Kier alpha value is -2.26. The summed E-state index contributed by atoms with van der Waals surface area (Å²) in [5.74, 6) is -1.48. The second-order valence-corrected chi connectivity index (χ2v) is 6.59. The number of hydrogen-bond acceptors (Lipinski definition) is 6. The van der Waals surface area contributed by atoms with Crippen LogP contribution in [-0.2, 0) is 20.9 Å². The predicted molar refractivity (Wildman–Crippen MR) is 97.8 cm³/mol. The highest BCUT2D eigenvalue weighted by Gasteiger charge is 2.29. The van der Waals surface area contributed by atoms with Crippen molar-refractivity contribution in [2.45, 2.75) is 38.1 Å². The number of alkyl carbamates (subject to hydrolysis) is 1. The molecule has 4 N–H and O–H groups in total. The molecule has 0 aromatic heterocycles. The largest absolute Gasteiger partial charge is 0.480 e. The van der Waals surface area contributed by atoms with Crippen LogP contribution in [0.25, 0.3) is 0 Å². The lowest BCUT2D eigenvalue weighted by Crippen LogP contribution is -2.54. The Balaban J connectivity index is 2.65. The number of aliphatic hydroxyl groups excluding tert-OH is 1. The minimum atomic E-state index is -1.46. The van der Waals surface area contributed by atoms with Gasteiger partial charge in [-0.25, -0.2) is 9.59 Å². The lowest BCUT2D eigenvalue weighted by atomic mass is 10.1. The van der Waals surface area contributed by atoms with Crippen molar-refractivity contribution in [3.63, 3.8) is 0 Å². The summed E-state index contributed by atoms with van der Waals surface area (Å²) < 4.78 is 5.09. The van der Waals surface area contributed by atoms with Crippen LogP contribution < -0.4 is 10.6 Å². The topological polar surface area (TPSA) is 125 Å². The summed E-state index contributed by atoms with van der Waals surface area (Å²) in [6.45, 7) is 1.31. The highest BCUT2D eigenvalue weighted by molar-refractivity contribution is 7.98. The van der Waals surface area contributed by atoms with E-state index in [4.69, 9.17) is 9.84 Å². The Labute approximate surface area is 156 Å². The summed E-state index contributed by atoms with van der Waals surface area (Å²) in [6.07, 6.45) is 0.0831. The molecule has 0 spiro atoms. The summed E-state index contributed by atoms with van der Waals surface area (Å²) >= 11 is 1.48. The molecule has 3 atom stereocenters. The molecule has 26 heavy (non-hydrogen) atoms. The van der Waals surface area contributed by atoms with E-state index in [1.165, 1.54) is 18.7 Å². The fourth-order valence-electron chi connectivity index (χ4n) is 2.05. The zero-order chi connectivity index (χ0) is 19.5. The molecule has 1 rings (SSSR count). The number of rotatable bonds is 10. The Morgan fingerprint density at radius 3 is 2.38 bits per heavy atom. The number of amides is 2. The first-order valence-corrected chi connectivity index (χ1v) is 9.42. The van der Waals surface area contributed by atoms with Crippen molar-refractivity contribution < 1.29 is 29.3 Å². The molecule has 0 aliphatic carbocycles. The quantitative estimate of drug-likeness (QED) is 0.474. The van der Waals surface area contributed by atoms with E-state index >= 15 is 0 Å². The van der Waals surface area contributed by atoms with Gasteiger partial charge in [-0.15, -0.1) is 0 Å². The zero-order valence-corrected chi connectivity index (χ0v) is 15.5. The minimum absolute atomic E-state index is 0.0506. The van der Waals surface area contributed by atoms with Gasteiger partial charge in [0.25, 0.3) is 0 Å². The summed E-state index contributed by atoms with van der Waals surface area (Å²) in [4.78, 5) is 35.4. The van der Waals surface area contributed by atoms with E-state index in [-0.39, 0.29) is 6.61 Å². The first kappa shape index (κ1) is 21.8. The van der Waals surface area contributed by atoms with E-state index < -0.39 is 36.2 Å². The summed E-state index contributed by atoms with van der Waals surface area (Å²) in [5.41, 5.74) is 0.799.